The number of aromatic nitrogens is 3. The Bertz CT molecular complexity index is 617. The molecular weight excluding hydrogens is 256 g/mol. The first-order valence-electron chi connectivity index (χ1n) is 6.90. The molecule has 2 aromatic heterocycles. The number of rotatable bonds is 3. The maximum atomic E-state index is 11.5. The van der Waals surface area contributed by atoms with Gasteiger partial charge in [-0.2, -0.15) is 0 Å². The van der Waals surface area contributed by atoms with Gasteiger partial charge in [-0.3, -0.25) is 4.40 Å². The second-order valence-electron chi connectivity index (χ2n) is 5.15. The van der Waals surface area contributed by atoms with E-state index in [0.29, 0.717) is 17.1 Å². The Labute approximate surface area is 117 Å². The minimum atomic E-state index is -0.351. The van der Waals surface area contributed by atoms with Crippen molar-refractivity contribution in [3.05, 3.63) is 29.7 Å². The van der Waals surface area contributed by atoms with E-state index in [1.165, 1.54) is 20.0 Å². The highest BCUT2D eigenvalue weighted by Gasteiger charge is 2.17. The molecule has 0 unspecified atom stereocenters. The average Bonchev–Trinajstić information content (AvgIpc) is 2.90. The van der Waals surface area contributed by atoms with Gasteiger partial charge in [0.2, 0.25) is 0 Å². The van der Waals surface area contributed by atoms with Crippen molar-refractivity contribution in [1.29, 1.82) is 0 Å². The number of nitrogens with one attached hydrogen (secondary N) is 1. The van der Waals surface area contributed by atoms with Gasteiger partial charge in [-0.1, -0.05) is 0 Å². The Kier molecular flexibility index (Phi) is 3.64. The summed E-state index contributed by atoms with van der Waals surface area (Å²) in [5.41, 5.74) is 1.19. The Hall–Kier alpha value is -1.95. The van der Waals surface area contributed by atoms with Gasteiger partial charge in [0.15, 0.2) is 5.65 Å². The fraction of sp³-hybridized carbons (Fsp3) is 0.500. The fourth-order valence-electron chi connectivity index (χ4n) is 2.67. The number of fused-ring (bicyclic) bond motifs is 1. The van der Waals surface area contributed by atoms with E-state index in [9.17, 15) is 4.79 Å². The summed E-state index contributed by atoms with van der Waals surface area (Å²) in [6, 6.07) is 3.46. The molecule has 0 aliphatic carbocycles. The van der Waals surface area contributed by atoms with Gasteiger partial charge in [-0.05, 0) is 44.0 Å². The molecule has 1 saturated heterocycles. The smallest absolute Gasteiger partial charge is 0.338 e. The monoisotopic (exact) mass is 274 g/mol. The van der Waals surface area contributed by atoms with Crippen molar-refractivity contribution in [2.24, 2.45) is 5.92 Å². The third-order valence-electron chi connectivity index (χ3n) is 3.83. The minimum Gasteiger partial charge on any atom is -0.465 e. The van der Waals surface area contributed by atoms with Gasteiger partial charge in [0.25, 0.3) is 0 Å². The number of pyridine rings is 1. The summed E-state index contributed by atoms with van der Waals surface area (Å²) in [6.07, 6.45) is 5.13. The van der Waals surface area contributed by atoms with E-state index < -0.39 is 0 Å². The van der Waals surface area contributed by atoms with Crippen LogP contribution < -0.4 is 5.32 Å². The predicted octanol–water partition coefficient (Wildman–Crippen LogP) is 1.06. The maximum Gasteiger partial charge on any atom is 0.338 e. The van der Waals surface area contributed by atoms with Crippen LogP contribution in [0.25, 0.3) is 5.65 Å². The van der Waals surface area contributed by atoms with Crippen LogP contribution in [0.1, 0.15) is 29.0 Å². The summed E-state index contributed by atoms with van der Waals surface area (Å²) >= 11 is 0. The van der Waals surface area contributed by atoms with Crippen molar-refractivity contribution < 1.29 is 9.53 Å². The number of methoxy groups -OCH3 is 1. The molecule has 0 amide bonds. The maximum absolute atomic E-state index is 11.5. The molecule has 0 bridgehead atoms. The number of carbonyl (C=O) groups is 1. The first kappa shape index (κ1) is 13.1. The van der Waals surface area contributed by atoms with Crippen LogP contribution >= 0.6 is 0 Å². The molecule has 3 rings (SSSR count). The highest BCUT2D eigenvalue weighted by atomic mass is 16.5. The molecule has 0 spiro atoms. The fourth-order valence-corrected chi connectivity index (χ4v) is 2.67. The van der Waals surface area contributed by atoms with Crippen LogP contribution in [0.5, 0.6) is 0 Å². The van der Waals surface area contributed by atoms with Gasteiger partial charge >= 0.3 is 5.97 Å². The van der Waals surface area contributed by atoms with Gasteiger partial charge < -0.3 is 10.1 Å². The van der Waals surface area contributed by atoms with Crippen LogP contribution in [0, 0.1) is 5.92 Å². The third kappa shape index (κ3) is 2.51. The number of carbonyl (C=O) groups excluding carboxylic acids is 1. The SMILES string of the molecule is COC(=O)c1ccn2c(CC3CCNCC3)nnc2c1. The molecule has 6 nitrogen and oxygen atoms in total. The summed E-state index contributed by atoms with van der Waals surface area (Å²) in [6.45, 7) is 2.15. The average molecular weight is 274 g/mol. The molecule has 0 aromatic carbocycles. The molecule has 1 aliphatic heterocycles. The zero-order chi connectivity index (χ0) is 13.9. The third-order valence-corrected chi connectivity index (χ3v) is 3.83. The number of piperidine rings is 1. The zero-order valence-electron chi connectivity index (χ0n) is 11.5. The van der Waals surface area contributed by atoms with Crippen LogP contribution in [0.3, 0.4) is 0 Å². The van der Waals surface area contributed by atoms with Crippen molar-refractivity contribution >= 4 is 11.6 Å². The van der Waals surface area contributed by atoms with E-state index in [2.05, 4.69) is 15.5 Å². The lowest BCUT2D eigenvalue weighted by Crippen LogP contribution is -2.29. The standard InChI is InChI=1S/C14H18N4O2/c1-20-14(19)11-4-7-18-12(16-17-13(18)9-11)8-10-2-5-15-6-3-10/h4,7,9-10,15H,2-3,5-6,8H2,1H3. The molecule has 6 heteroatoms. The second-order valence-corrected chi connectivity index (χ2v) is 5.15. The molecule has 0 radical (unpaired) electrons. The quantitative estimate of drug-likeness (QED) is 0.848. The lowest BCUT2D eigenvalue weighted by molar-refractivity contribution is 0.0600. The van der Waals surface area contributed by atoms with Crippen LogP contribution in [-0.2, 0) is 11.2 Å². The van der Waals surface area contributed by atoms with Crippen LogP contribution in [0.2, 0.25) is 0 Å². The molecule has 1 fully saturated rings. The first-order chi connectivity index (χ1) is 9.78. The second kappa shape index (κ2) is 5.58. The molecule has 3 heterocycles. The number of hydrogen-bond acceptors (Lipinski definition) is 5. The normalized spacial score (nSPS) is 16.4. The summed E-state index contributed by atoms with van der Waals surface area (Å²) in [4.78, 5) is 11.5. The highest BCUT2D eigenvalue weighted by Crippen LogP contribution is 2.18. The van der Waals surface area contributed by atoms with Gasteiger partial charge in [-0.15, -0.1) is 10.2 Å². The van der Waals surface area contributed by atoms with E-state index in [-0.39, 0.29) is 5.97 Å². The van der Waals surface area contributed by atoms with Crippen molar-refractivity contribution in [3.8, 4) is 0 Å². The number of ether oxygens (including phenoxy) is 1. The lowest BCUT2D eigenvalue weighted by Gasteiger charge is -2.21. The van der Waals surface area contributed by atoms with E-state index in [0.717, 1.165) is 25.3 Å². The molecule has 0 atom stereocenters. The topological polar surface area (TPSA) is 68.5 Å². The zero-order valence-corrected chi connectivity index (χ0v) is 11.5. The number of esters is 1. The van der Waals surface area contributed by atoms with Crippen LogP contribution in [-0.4, -0.2) is 40.8 Å². The molecule has 1 aliphatic rings. The van der Waals surface area contributed by atoms with Crippen molar-refractivity contribution in [3.63, 3.8) is 0 Å². The molecule has 0 saturated carbocycles. The molecule has 20 heavy (non-hydrogen) atoms. The Morgan fingerprint density at radius 3 is 3.00 bits per heavy atom. The van der Waals surface area contributed by atoms with Crippen LogP contribution in [0.15, 0.2) is 18.3 Å². The lowest BCUT2D eigenvalue weighted by atomic mass is 9.94. The summed E-state index contributed by atoms with van der Waals surface area (Å²) in [5.74, 6) is 1.27. The van der Waals surface area contributed by atoms with Crippen molar-refractivity contribution in [2.45, 2.75) is 19.3 Å². The van der Waals surface area contributed by atoms with E-state index in [4.69, 9.17) is 4.74 Å². The summed E-state index contributed by atoms with van der Waals surface area (Å²) in [5, 5.41) is 11.8. The Morgan fingerprint density at radius 2 is 2.25 bits per heavy atom. The van der Waals surface area contributed by atoms with Gasteiger partial charge in [0, 0.05) is 12.6 Å². The van der Waals surface area contributed by atoms with Gasteiger partial charge in [0.05, 0.1) is 12.7 Å². The summed E-state index contributed by atoms with van der Waals surface area (Å²) in [7, 11) is 1.37. The molecule has 1 N–H and O–H groups in total. The van der Waals surface area contributed by atoms with Crippen molar-refractivity contribution in [1.82, 2.24) is 19.9 Å². The highest BCUT2D eigenvalue weighted by molar-refractivity contribution is 5.90. The summed E-state index contributed by atoms with van der Waals surface area (Å²) < 4.78 is 6.66. The largest absolute Gasteiger partial charge is 0.465 e. The van der Waals surface area contributed by atoms with Gasteiger partial charge in [-0.25, -0.2) is 4.79 Å². The first-order valence-corrected chi connectivity index (χ1v) is 6.90. The number of hydrogen-bond donors (Lipinski definition) is 1. The van der Waals surface area contributed by atoms with E-state index >= 15 is 0 Å². The van der Waals surface area contributed by atoms with Gasteiger partial charge in [0.1, 0.15) is 5.82 Å². The van der Waals surface area contributed by atoms with E-state index in [1.54, 1.807) is 12.1 Å². The van der Waals surface area contributed by atoms with Crippen molar-refractivity contribution in [2.75, 3.05) is 20.2 Å². The Balaban J connectivity index is 1.84. The van der Waals surface area contributed by atoms with E-state index in [1.807, 2.05) is 10.6 Å². The molecule has 2 aromatic rings. The minimum absolute atomic E-state index is 0.351. The molecular formula is C14H18N4O2. The predicted molar refractivity (Wildman–Crippen MR) is 73.6 cm³/mol. The Morgan fingerprint density at radius 1 is 1.45 bits per heavy atom. The number of nitrogens with zero attached hydrogens (tertiary/aromatic N) is 3. The molecule has 106 valence electrons. The van der Waals surface area contributed by atoms with Crippen LogP contribution in [0.4, 0.5) is 0 Å².